The molecule has 1 saturated heterocycles. The lowest BCUT2D eigenvalue weighted by Gasteiger charge is -2.13. The van der Waals surface area contributed by atoms with E-state index in [0.29, 0.717) is 0 Å². The average molecular weight is 209 g/mol. The molecule has 2 aromatic rings. The lowest BCUT2D eigenvalue weighted by molar-refractivity contribution is 0.797. The fraction of sp³-hybridized carbons (Fsp3) is 0.200. The fourth-order valence-corrected chi connectivity index (χ4v) is 2.30. The van der Waals surface area contributed by atoms with Gasteiger partial charge in [-0.05, 0) is 24.6 Å². The molecular weight excluding hydrogens is 194 g/mol. The number of nitrogens with zero attached hydrogens (tertiary/aromatic N) is 1. The van der Waals surface area contributed by atoms with E-state index in [1.54, 1.807) is 0 Å². The Balaban J connectivity index is 1.90. The summed E-state index contributed by atoms with van der Waals surface area (Å²) >= 11 is 0. The van der Waals surface area contributed by atoms with Gasteiger partial charge in [0.2, 0.25) is 0 Å². The van der Waals surface area contributed by atoms with E-state index in [4.69, 9.17) is 0 Å². The van der Waals surface area contributed by atoms with Crippen LogP contribution in [0.1, 0.15) is 12.5 Å². The van der Waals surface area contributed by atoms with Gasteiger partial charge in [0.25, 0.3) is 0 Å². The van der Waals surface area contributed by atoms with E-state index in [1.165, 1.54) is 11.3 Å². The molecule has 3 rings (SSSR count). The highest BCUT2D eigenvalue weighted by Gasteiger charge is 2.48. The zero-order valence-corrected chi connectivity index (χ0v) is 9.43. The van der Waals surface area contributed by atoms with E-state index >= 15 is 0 Å². The van der Waals surface area contributed by atoms with Crippen molar-refractivity contribution in [2.75, 3.05) is 11.4 Å². The van der Waals surface area contributed by atoms with E-state index in [-0.39, 0.29) is 5.54 Å². The summed E-state index contributed by atoms with van der Waals surface area (Å²) in [7, 11) is 0. The van der Waals surface area contributed by atoms with Crippen LogP contribution >= 0.6 is 0 Å². The third-order valence-corrected chi connectivity index (χ3v) is 3.42. The Labute approximate surface area is 96.3 Å². The molecule has 0 amide bonds. The zero-order chi connectivity index (χ0) is 11.0. The van der Waals surface area contributed by atoms with Crippen molar-refractivity contribution in [2.24, 2.45) is 0 Å². The summed E-state index contributed by atoms with van der Waals surface area (Å²) in [5.74, 6) is 0. The highest BCUT2D eigenvalue weighted by atomic mass is 15.4. The topological polar surface area (TPSA) is 3.01 Å². The minimum Gasteiger partial charge on any atom is -0.358 e. The first-order valence-corrected chi connectivity index (χ1v) is 5.69. The number of anilines is 1. The molecule has 1 nitrogen and oxygen atoms in total. The molecule has 1 heteroatoms. The monoisotopic (exact) mass is 209 g/mol. The zero-order valence-electron chi connectivity index (χ0n) is 9.43. The van der Waals surface area contributed by atoms with Crippen LogP contribution in [0.2, 0.25) is 0 Å². The Morgan fingerprint density at radius 2 is 1.44 bits per heavy atom. The van der Waals surface area contributed by atoms with E-state index in [9.17, 15) is 0 Å². The molecular formula is C15H15N. The van der Waals surface area contributed by atoms with Gasteiger partial charge >= 0.3 is 0 Å². The number of hydrogen-bond acceptors (Lipinski definition) is 1. The number of hydrogen-bond donors (Lipinski definition) is 0. The van der Waals surface area contributed by atoms with Crippen molar-refractivity contribution < 1.29 is 0 Å². The van der Waals surface area contributed by atoms with Gasteiger partial charge in [-0.1, -0.05) is 48.5 Å². The van der Waals surface area contributed by atoms with Crippen LogP contribution in [0.15, 0.2) is 60.7 Å². The van der Waals surface area contributed by atoms with Crippen LogP contribution in [0.4, 0.5) is 5.69 Å². The van der Waals surface area contributed by atoms with Gasteiger partial charge in [-0.2, -0.15) is 0 Å². The van der Waals surface area contributed by atoms with E-state index in [1.807, 2.05) is 0 Å². The van der Waals surface area contributed by atoms with E-state index in [0.717, 1.165) is 6.54 Å². The molecule has 2 aromatic carbocycles. The molecule has 0 saturated carbocycles. The van der Waals surface area contributed by atoms with Crippen molar-refractivity contribution in [1.82, 2.24) is 0 Å². The van der Waals surface area contributed by atoms with Crippen LogP contribution in [-0.4, -0.2) is 6.54 Å². The Kier molecular flexibility index (Phi) is 2.00. The first-order valence-electron chi connectivity index (χ1n) is 5.69. The van der Waals surface area contributed by atoms with Crippen LogP contribution in [0.5, 0.6) is 0 Å². The van der Waals surface area contributed by atoms with Crippen molar-refractivity contribution >= 4 is 5.69 Å². The van der Waals surface area contributed by atoms with Gasteiger partial charge in [0, 0.05) is 12.2 Å². The molecule has 0 aromatic heterocycles. The molecule has 0 aliphatic carbocycles. The molecule has 1 aliphatic rings. The van der Waals surface area contributed by atoms with Crippen LogP contribution < -0.4 is 4.90 Å². The van der Waals surface area contributed by atoms with E-state index < -0.39 is 0 Å². The van der Waals surface area contributed by atoms with Crippen molar-refractivity contribution in [3.05, 3.63) is 66.2 Å². The van der Waals surface area contributed by atoms with Crippen molar-refractivity contribution in [1.29, 1.82) is 0 Å². The Hall–Kier alpha value is -1.76. The van der Waals surface area contributed by atoms with Gasteiger partial charge in [-0.25, -0.2) is 0 Å². The molecule has 1 fully saturated rings. The second-order valence-electron chi connectivity index (χ2n) is 4.56. The Morgan fingerprint density at radius 3 is 2.06 bits per heavy atom. The molecule has 16 heavy (non-hydrogen) atoms. The Morgan fingerprint density at radius 1 is 0.875 bits per heavy atom. The quantitative estimate of drug-likeness (QED) is 0.685. The summed E-state index contributed by atoms with van der Waals surface area (Å²) in [5.41, 5.74) is 2.91. The van der Waals surface area contributed by atoms with Gasteiger partial charge < -0.3 is 4.90 Å². The molecule has 80 valence electrons. The smallest absolute Gasteiger partial charge is 0.0801 e. The summed E-state index contributed by atoms with van der Waals surface area (Å²) in [5, 5.41) is 0. The summed E-state index contributed by atoms with van der Waals surface area (Å²) in [6, 6.07) is 21.3. The van der Waals surface area contributed by atoms with Crippen molar-refractivity contribution in [3.63, 3.8) is 0 Å². The minimum absolute atomic E-state index is 0.197. The van der Waals surface area contributed by atoms with E-state index in [2.05, 4.69) is 72.5 Å². The third kappa shape index (κ3) is 1.40. The van der Waals surface area contributed by atoms with Crippen LogP contribution in [-0.2, 0) is 5.54 Å². The maximum atomic E-state index is 2.43. The molecule has 1 unspecified atom stereocenters. The van der Waals surface area contributed by atoms with Gasteiger partial charge in [0.1, 0.15) is 0 Å². The minimum atomic E-state index is 0.197. The summed E-state index contributed by atoms with van der Waals surface area (Å²) in [6.45, 7) is 3.41. The standard InChI is InChI=1S/C15H15N/c1-15(13-8-4-2-5-9-13)12-16(15)14-10-6-3-7-11-14/h2-11H,12H2,1H3. The van der Waals surface area contributed by atoms with Gasteiger partial charge in [0.15, 0.2) is 0 Å². The summed E-state index contributed by atoms with van der Waals surface area (Å²) in [4.78, 5) is 2.43. The van der Waals surface area contributed by atoms with Gasteiger partial charge in [-0.3, -0.25) is 0 Å². The molecule has 0 radical (unpaired) electrons. The van der Waals surface area contributed by atoms with Crippen molar-refractivity contribution in [3.8, 4) is 0 Å². The molecule has 1 atom stereocenters. The highest BCUT2D eigenvalue weighted by molar-refractivity contribution is 5.59. The maximum absolute atomic E-state index is 2.43. The largest absolute Gasteiger partial charge is 0.358 e. The molecule has 0 bridgehead atoms. The second kappa shape index (κ2) is 3.38. The van der Waals surface area contributed by atoms with Crippen LogP contribution in [0.25, 0.3) is 0 Å². The van der Waals surface area contributed by atoms with Crippen LogP contribution in [0, 0.1) is 0 Å². The predicted molar refractivity (Wildman–Crippen MR) is 67.6 cm³/mol. The number of rotatable bonds is 2. The number of benzene rings is 2. The Bertz CT molecular complexity index is 477. The second-order valence-corrected chi connectivity index (χ2v) is 4.56. The normalized spacial score (nSPS) is 23.2. The SMILES string of the molecule is CC1(c2ccccc2)CN1c1ccccc1. The fourth-order valence-electron chi connectivity index (χ4n) is 2.30. The lowest BCUT2D eigenvalue weighted by atomic mass is 10.0. The van der Waals surface area contributed by atoms with Gasteiger partial charge in [-0.15, -0.1) is 0 Å². The molecule has 0 N–H and O–H groups in total. The van der Waals surface area contributed by atoms with Crippen molar-refractivity contribution in [2.45, 2.75) is 12.5 Å². The first-order chi connectivity index (χ1) is 7.81. The predicted octanol–water partition coefficient (Wildman–Crippen LogP) is 3.42. The summed E-state index contributed by atoms with van der Waals surface area (Å²) in [6.07, 6.45) is 0. The molecule has 1 aliphatic heterocycles. The van der Waals surface area contributed by atoms with Crippen LogP contribution in [0.3, 0.4) is 0 Å². The maximum Gasteiger partial charge on any atom is 0.0801 e. The highest BCUT2D eigenvalue weighted by Crippen LogP contribution is 2.45. The van der Waals surface area contributed by atoms with Gasteiger partial charge in [0.05, 0.1) is 5.54 Å². The average Bonchev–Trinajstić information content (AvgIpc) is 3.06. The molecule has 0 spiro atoms. The number of para-hydroxylation sites is 1. The third-order valence-electron chi connectivity index (χ3n) is 3.42. The summed E-state index contributed by atoms with van der Waals surface area (Å²) < 4.78 is 0. The lowest BCUT2D eigenvalue weighted by Crippen LogP contribution is -2.10. The first kappa shape index (κ1) is 9.46. The molecule has 1 heterocycles.